The van der Waals surface area contributed by atoms with E-state index in [4.69, 9.17) is 0 Å². The molecule has 0 radical (unpaired) electrons. The molecule has 0 N–H and O–H groups in total. The van der Waals surface area contributed by atoms with Crippen LogP contribution in [0.15, 0.2) is 75.7 Å². The molecule has 0 aliphatic heterocycles. The molecule has 0 fully saturated rings. The average molecular weight is 327 g/mol. The third-order valence-electron chi connectivity index (χ3n) is 2.79. The molecular formula is C16H17N5OS. The van der Waals surface area contributed by atoms with Crippen molar-refractivity contribution in [2.75, 3.05) is 12.1 Å². The van der Waals surface area contributed by atoms with E-state index in [0.717, 1.165) is 9.90 Å². The number of nitrogens with zero attached hydrogens (tertiary/aromatic N) is 5. The smallest absolute Gasteiger partial charge is 0.236 e. The summed E-state index contributed by atoms with van der Waals surface area (Å²) in [5.74, 6) is 0. The number of hydrogen-bond donors (Lipinski definition) is 0. The Hall–Kier alpha value is -2.67. The minimum Gasteiger partial charge on any atom is -0.276 e. The maximum Gasteiger partial charge on any atom is 0.236 e. The lowest BCUT2D eigenvalue weighted by Gasteiger charge is -2.10. The second-order valence-electron chi connectivity index (χ2n) is 4.63. The van der Waals surface area contributed by atoms with Crippen molar-refractivity contribution >= 4 is 23.9 Å². The van der Waals surface area contributed by atoms with Crippen molar-refractivity contribution in [3.05, 3.63) is 66.0 Å². The van der Waals surface area contributed by atoms with Crippen LogP contribution in [0.3, 0.4) is 0 Å². The van der Waals surface area contributed by atoms with Gasteiger partial charge in [-0.05, 0) is 47.0 Å². The van der Waals surface area contributed by atoms with Crippen molar-refractivity contribution < 1.29 is 4.79 Å². The molecule has 118 valence electrons. The van der Waals surface area contributed by atoms with E-state index in [-0.39, 0.29) is 0 Å². The van der Waals surface area contributed by atoms with Gasteiger partial charge in [-0.15, -0.1) is 0 Å². The van der Waals surface area contributed by atoms with Crippen molar-refractivity contribution in [1.29, 1.82) is 0 Å². The minimum atomic E-state index is 0.553. The molecule has 0 spiro atoms. The van der Waals surface area contributed by atoms with Crippen molar-refractivity contribution in [3.8, 4) is 0 Å². The van der Waals surface area contributed by atoms with Crippen LogP contribution in [0, 0.1) is 6.92 Å². The third-order valence-corrected chi connectivity index (χ3v) is 3.59. The van der Waals surface area contributed by atoms with E-state index >= 15 is 0 Å². The number of aryl methyl sites for hydroxylation is 1. The molecule has 7 heteroatoms. The van der Waals surface area contributed by atoms with E-state index in [2.05, 4.69) is 46.6 Å². The van der Waals surface area contributed by atoms with Gasteiger partial charge in [0.1, 0.15) is 0 Å². The SMILES string of the molecule is Cc1ccc(S/C=C/N(C)/N=N\N(C=O)c2cccnc2)cc1. The Morgan fingerprint density at radius 2 is 1.96 bits per heavy atom. The molecule has 6 nitrogen and oxygen atoms in total. The molecule has 2 rings (SSSR count). The fourth-order valence-electron chi connectivity index (χ4n) is 1.57. The summed E-state index contributed by atoms with van der Waals surface area (Å²) in [5, 5.41) is 12.3. The highest BCUT2D eigenvalue weighted by Crippen LogP contribution is 2.19. The largest absolute Gasteiger partial charge is 0.276 e. The number of amides is 1. The van der Waals surface area contributed by atoms with Gasteiger partial charge < -0.3 is 0 Å². The molecule has 0 bridgehead atoms. The van der Waals surface area contributed by atoms with Crippen LogP contribution in [-0.4, -0.2) is 23.5 Å². The van der Waals surface area contributed by atoms with Gasteiger partial charge in [0.25, 0.3) is 0 Å². The molecule has 2 aromatic rings. The molecule has 1 aromatic heterocycles. The van der Waals surface area contributed by atoms with Crippen LogP contribution in [-0.2, 0) is 4.79 Å². The molecule has 0 saturated heterocycles. The highest BCUT2D eigenvalue weighted by Gasteiger charge is 2.02. The second kappa shape index (κ2) is 8.70. The van der Waals surface area contributed by atoms with Gasteiger partial charge in [0.15, 0.2) is 0 Å². The van der Waals surface area contributed by atoms with Gasteiger partial charge in [-0.1, -0.05) is 29.5 Å². The average Bonchev–Trinajstić information content (AvgIpc) is 2.58. The van der Waals surface area contributed by atoms with E-state index < -0.39 is 0 Å². The van der Waals surface area contributed by atoms with Gasteiger partial charge in [-0.25, -0.2) is 0 Å². The number of pyridine rings is 1. The Kier molecular flexibility index (Phi) is 6.31. The fraction of sp³-hybridized carbons (Fsp3) is 0.125. The van der Waals surface area contributed by atoms with Crippen molar-refractivity contribution in [3.63, 3.8) is 0 Å². The molecule has 0 aliphatic carbocycles. The lowest BCUT2D eigenvalue weighted by atomic mass is 10.2. The van der Waals surface area contributed by atoms with Crippen LogP contribution in [0.25, 0.3) is 0 Å². The molecule has 1 amide bonds. The van der Waals surface area contributed by atoms with E-state index in [1.807, 2.05) is 5.41 Å². The molecule has 0 atom stereocenters. The van der Waals surface area contributed by atoms with E-state index in [9.17, 15) is 4.79 Å². The van der Waals surface area contributed by atoms with Gasteiger partial charge in [0.2, 0.25) is 6.41 Å². The highest BCUT2D eigenvalue weighted by atomic mass is 32.2. The molecule has 0 aliphatic rings. The van der Waals surface area contributed by atoms with Gasteiger partial charge >= 0.3 is 0 Å². The zero-order valence-corrected chi connectivity index (χ0v) is 13.7. The quantitative estimate of drug-likeness (QED) is 0.335. The maximum absolute atomic E-state index is 11.0. The van der Waals surface area contributed by atoms with Crippen LogP contribution in [0.1, 0.15) is 5.56 Å². The monoisotopic (exact) mass is 327 g/mol. The maximum atomic E-state index is 11.0. The fourth-order valence-corrected chi connectivity index (χ4v) is 2.26. The summed E-state index contributed by atoms with van der Waals surface area (Å²) in [6, 6.07) is 11.7. The van der Waals surface area contributed by atoms with Crippen molar-refractivity contribution in [2.45, 2.75) is 11.8 Å². The summed E-state index contributed by atoms with van der Waals surface area (Å²) in [4.78, 5) is 16.1. The molecule has 1 heterocycles. The summed E-state index contributed by atoms with van der Waals surface area (Å²) in [7, 11) is 1.74. The van der Waals surface area contributed by atoms with Crippen molar-refractivity contribution in [2.24, 2.45) is 10.4 Å². The Labute approximate surface area is 139 Å². The van der Waals surface area contributed by atoms with E-state index in [1.54, 1.807) is 43.3 Å². The first-order valence-corrected chi connectivity index (χ1v) is 7.76. The summed E-state index contributed by atoms with van der Waals surface area (Å²) in [6.07, 6.45) is 5.51. The summed E-state index contributed by atoms with van der Waals surface area (Å²) in [5.41, 5.74) is 1.78. The van der Waals surface area contributed by atoms with Crippen LogP contribution >= 0.6 is 11.8 Å². The zero-order chi connectivity index (χ0) is 16.5. The number of thioether (sulfide) groups is 1. The van der Waals surface area contributed by atoms with Gasteiger partial charge in [-0.2, -0.15) is 5.01 Å². The molecule has 0 saturated carbocycles. The Morgan fingerprint density at radius 3 is 2.61 bits per heavy atom. The molecule has 23 heavy (non-hydrogen) atoms. The first-order chi connectivity index (χ1) is 11.2. The third kappa shape index (κ3) is 5.55. The first-order valence-electron chi connectivity index (χ1n) is 6.88. The summed E-state index contributed by atoms with van der Waals surface area (Å²) < 4.78 is 0. The molecule has 1 aromatic carbocycles. The lowest BCUT2D eigenvalue weighted by molar-refractivity contribution is -0.107. The summed E-state index contributed by atoms with van der Waals surface area (Å²) in [6.45, 7) is 2.06. The number of aromatic nitrogens is 1. The van der Waals surface area contributed by atoms with E-state index in [1.165, 1.54) is 16.8 Å². The number of hydrogen-bond acceptors (Lipinski definition) is 5. The number of carbonyl (C=O) groups excluding carboxylic acids is 1. The predicted octanol–water partition coefficient (Wildman–Crippen LogP) is 3.83. The Bertz CT molecular complexity index is 673. The lowest BCUT2D eigenvalue weighted by Crippen LogP contribution is -2.14. The second-order valence-corrected chi connectivity index (χ2v) is 5.61. The van der Waals surface area contributed by atoms with Gasteiger partial charge in [0, 0.05) is 24.3 Å². The number of rotatable bonds is 7. The van der Waals surface area contributed by atoms with Crippen LogP contribution in [0.4, 0.5) is 5.69 Å². The standard InChI is InChI=1S/C16H17N5OS/c1-14-5-7-16(8-6-14)23-11-10-20(2)18-19-21(13-22)15-4-3-9-17-12-15/h3-13H,1-2H3/b11-10+,19-18-. The number of benzene rings is 1. The van der Waals surface area contributed by atoms with Gasteiger partial charge in [0.05, 0.1) is 11.9 Å². The predicted molar refractivity (Wildman–Crippen MR) is 91.6 cm³/mol. The minimum absolute atomic E-state index is 0.553. The number of carbonyl (C=O) groups is 1. The van der Waals surface area contributed by atoms with Crippen LogP contribution in [0.5, 0.6) is 0 Å². The summed E-state index contributed by atoms with van der Waals surface area (Å²) >= 11 is 1.58. The highest BCUT2D eigenvalue weighted by molar-refractivity contribution is 8.02. The van der Waals surface area contributed by atoms with Gasteiger partial charge in [-0.3, -0.25) is 14.8 Å². The Balaban J connectivity index is 1.90. The molecular weight excluding hydrogens is 310 g/mol. The van der Waals surface area contributed by atoms with Crippen LogP contribution < -0.4 is 5.01 Å². The Morgan fingerprint density at radius 1 is 1.17 bits per heavy atom. The number of anilines is 1. The normalized spacial score (nSPS) is 11.0. The van der Waals surface area contributed by atoms with Crippen LogP contribution in [0.2, 0.25) is 0 Å². The topological polar surface area (TPSA) is 61.2 Å². The first kappa shape index (κ1) is 16.7. The van der Waals surface area contributed by atoms with E-state index in [0.29, 0.717) is 12.1 Å². The zero-order valence-electron chi connectivity index (χ0n) is 12.9. The van der Waals surface area contributed by atoms with Crippen molar-refractivity contribution in [1.82, 2.24) is 9.99 Å². The molecule has 0 unspecified atom stereocenters.